The molecule has 1 aromatic carbocycles. The minimum atomic E-state index is -0.136. The van der Waals surface area contributed by atoms with Crippen molar-refractivity contribution in [3.8, 4) is 0 Å². The quantitative estimate of drug-likeness (QED) is 0.705. The van der Waals surface area contributed by atoms with Gasteiger partial charge in [-0.1, -0.05) is 45.0 Å². The van der Waals surface area contributed by atoms with Crippen molar-refractivity contribution in [2.75, 3.05) is 6.61 Å². The highest BCUT2D eigenvalue weighted by molar-refractivity contribution is 5.72. The molecule has 0 amide bonds. The van der Waals surface area contributed by atoms with Crippen LogP contribution in [0.3, 0.4) is 0 Å². The maximum absolute atomic E-state index is 11.4. The molecule has 0 aliphatic rings. The number of carbonyl (C=O) groups excluding carboxylic acids is 1. The summed E-state index contributed by atoms with van der Waals surface area (Å²) in [4.78, 5) is 11.4. The molecule has 0 aliphatic carbocycles. The van der Waals surface area contributed by atoms with E-state index in [1.54, 1.807) is 0 Å². The lowest BCUT2D eigenvalue weighted by Crippen LogP contribution is -2.08. The molecule has 17 heavy (non-hydrogen) atoms. The summed E-state index contributed by atoms with van der Waals surface area (Å²) in [5.41, 5.74) is 2.35. The molecule has 2 heteroatoms. The maximum Gasteiger partial charge on any atom is 0.310 e. The Morgan fingerprint density at radius 3 is 2.29 bits per heavy atom. The van der Waals surface area contributed by atoms with Gasteiger partial charge < -0.3 is 4.74 Å². The average molecular weight is 234 g/mol. The monoisotopic (exact) mass is 234 g/mol. The van der Waals surface area contributed by atoms with Crippen LogP contribution in [0.4, 0.5) is 0 Å². The fraction of sp³-hybridized carbons (Fsp3) is 0.533. The summed E-state index contributed by atoms with van der Waals surface area (Å²) in [7, 11) is 0. The third kappa shape index (κ3) is 5.53. The van der Waals surface area contributed by atoms with E-state index in [1.807, 2.05) is 19.1 Å². The smallest absolute Gasteiger partial charge is 0.310 e. The standard InChI is InChI=1S/C15H22O2/c1-4-9-17-15(16)11-14-7-5-13(6-8-14)10-12(2)3/h5-8,12H,4,9-11H2,1-3H3. The molecule has 0 N–H and O–H groups in total. The van der Waals surface area contributed by atoms with E-state index in [1.165, 1.54) is 5.56 Å². The highest BCUT2D eigenvalue weighted by Crippen LogP contribution is 2.10. The summed E-state index contributed by atoms with van der Waals surface area (Å²) >= 11 is 0. The van der Waals surface area contributed by atoms with Gasteiger partial charge in [0.05, 0.1) is 13.0 Å². The molecule has 94 valence electrons. The van der Waals surface area contributed by atoms with Gasteiger partial charge in [-0.25, -0.2) is 0 Å². The van der Waals surface area contributed by atoms with Crippen molar-refractivity contribution in [1.29, 1.82) is 0 Å². The molecule has 0 saturated carbocycles. The first kappa shape index (κ1) is 13.8. The molecular weight excluding hydrogens is 212 g/mol. The van der Waals surface area contributed by atoms with Crippen molar-refractivity contribution >= 4 is 5.97 Å². The van der Waals surface area contributed by atoms with E-state index < -0.39 is 0 Å². The zero-order valence-electron chi connectivity index (χ0n) is 11.0. The van der Waals surface area contributed by atoms with E-state index in [0.717, 1.165) is 18.4 Å². The minimum absolute atomic E-state index is 0.136. The number of hydrogen-bond acceptors (Lipinski definition) is 2. The van der Waals surface area contributed by atoms with Crippen molar-refractivity contribution in [3.05, 3.63) is 35.4 Å². The summed E-state index contributed by atoms with van der Waals surface area (Å²) in [5, 5.41) is 0. The largest absolute Gasteiger partial charge is 0.465 e. The summed E-state index contributed by atoms with van der Waals surface area (Å²) in [6, 6.07) is 8.24. The van der Waals surface area contributed by atoms with E-state index in [2.05, 4.69) is 26.0 Å². The Labute approximate surface area is 104 Å². The van der Waals surface area contributed by atoms with Crippen LogP contribution in [0.1, 0.15) is 38.3 Å². The molecule has 1 aromatic rings. The molecule has 1 rings (SSSR count). The van der Waals surface area contributed by atoms with Crippen LogP contribution >= 0.6 is 0 Å². The Balaban J connectivity index is 2.47. The van der Waals surface area contributed by atoms with Gasteiger partial charge in [-0.05, 0) is 29.9 Å². The Bertz CT molecular complexity index is 338. The van der Waals surface area contributed by atoms with Crippen LogP contribution in [0.15, 0.2) is 24.3 Å². The summed E-state index contributed by atoms with van der Waals surface area (Å²) in [6.07, 6.45) is 2.33. The highest BCUT2D eigenvalue weighted by atomic mass is 16.5. The van der Waals surface area contributed by atoms with Crippen molar-refractivity contribution in [2.45, 2.75) is 40.0 Å². The van der Waals surface area contributed by atoms with Crippen LogP contribution in [0.2, 0.25) is 0 Å². The van der Waals surface area contributed by atoms with E-state index >= 15 is 0 Å². The number of ether oxygens (including phenoxy) is 1. The molecule has 0 bridgehead atoms. The lowest BCUT2D eigenvalue weighted by Gasteiger charge is -2.06. The normalized spacial score (nSPS) is 10.6. The van der Waals surface area contributed by atoms with Gasteiger partial charge in [0, 0.05) is 0 Å². The molecule has 0 aromatic heterocycles. The second kappa shape index (κ2) is 7.10. The van der Waals surface area contributed by atoms with E-state index in [0.29, 0.717) is 18.9 Å². The van der Waals surface area contributed by atoms with Gasteiger partial charge in [-0.2, -0.15) is 0 Å². The summed E-state index contributed by atoms with van der Waals surface area (Å²) < 4.78 is 5.05. The Hall–Kier alpha value is -1.31. The molecule has 0 heterocycles. The first-order valence-corrected chi connectivity index (χ1v) is 6.35. The van der Waals surface area contributed by atoms with Crippen LogP contribution in [-0.2, 0) is 22.4 Å². The van der Waals surface area contributed by atoms with Gasteiger partial charge in [-0.3, -0.25) is 4.79 Å². The SMILES string of the molecule is CCCOC(=O)Cc1ccc(CC(C)C)cc1. The number of rotatable bonds is 6. The fourth-order valence-corrected chi connectivity index (χ4v) is 1.70. The average Bonchev–Trinajstić information content (AvgIpc) is 2.28. The Kier molecular flexibility index (Phi) is 5.75. The Morgan fingerprint density at radius 2 is 1.76 bits per heavy atom. The van der Waals surface area contributed by atoms with Gasteiger partial charge in [0.1, 0.15) is 0 Å². The van der Waals surface area contributed by atoms with Crippen molar-refractivity contribution in [3.63, 3.8) is 0 Å². The van der Waals surface area contributed by atoms with Gasteiger partial charge >= 0.3 is 5.97 Å². The van der Waals surface area contributed by atoms with Crippen molar-refractivity contribution in [1.82, 2.24) is 0 Å². The third-order valence-electron chi connectivity index (χ3n) is 2.48. The molecule has 0 unspecified atom stereocenters. The van der Waals surface area contributed by atoms with E-state index in [4.69, 9.17) is 4.74 Å². The molecule has 0 fully saturated rings. The van der Waals surface area contributed by atoms with Crippen molar-refractivity contribution < 1.29 is 9.53 Å². The Morgan fingerprint density at radius 1 is 1.18 bits per heavy atom. The van der Waals surface area contributed by atoms with Gasteiger partial charge in [-0.15, -0.1) is 0 Å². The topological polar surface area (TPSA) is 26.3 Å². The predicted octanol–water partition coefficient (Wildman–Crippen LogP) is 3.38. The summed E-state index contributed by atoms with van der Waals surface area (Å²) in [5.74, 6) is 0.527. The number of hydrogen-bond donors (Lipinski definition) is 0. The van der Waals surface area contributed by atoms with E-state index in [9.17, 15) is 4.79 Å². The molecule has 0 saturated heterocycles. The van der Waals surface area contributed by atoms with Crippen molar-refractivity contribution in [2.24, 2.45) is 5.92 Å². The minimum Gasteiger partial charge on any atom is -0.465 e. The first-order valence-electron chi connectivity index (χ1n) is 6.35. The lowest BCUT2D eigenvalue weighted by atomic mass is 10.0. The van der Waals surface area contributed by atoms with Crippen LogP contribution in [0, 0.1) is 5.92 Å². The second-order valence-electron chi connectivity index (χ2n) is 4.81. The van der Waals surface area contributed by atoms with Gasteiger partial charge in [0.25, 0.3) is 0 Å². The molecule has 0 aliphatic heterocycles. The first-order chi connectivity index (χ1) is 8.11. The number of benzene rings is 1. The maximum atomic E-state index is 11.4. The van der Waals surface area contributed by atoms with Crippen LogP contribution in [0.25, 0.3) is 0 Å². The van der Waals surface area contributed by atoms with Crippen LogP contribution in [0.5, 0.6) is 0 Å². The van der Waals surface area contributed by atoms with Gasteiger partial charge in [0.2, 0.25) is 0 Å². The zero-order chi connectivity index (χ0) is 12.7. The number of esters is 1. The van der Waals surface area contributed by atoms with Crippen LogP contribution < -0.4 is 0 Å². The highest BCUT2D eigenvalue weighted by Gasteiger charge is 2.04. The number of carbonyl (C=O) groups is 1. The molecular formula is C15H22O2. The van der Waals surface area contributed by atoms with Crippen LogP contribution in [-0.4, -0.2) is 12.6 Å². The van der Waals surface area contributed by atoms with E-state index in [-0.39, 0.29) is 5.97 Å². The fourth-order valence-electron chi connectivity index (χ4n) is 1.70. The summed E-state index contributed by atoms with van der Waals surface area (Å²) in [6.45, 7) is 6.92. The van der Waals surface area contributed by atoms with Gasteiger partial charge in [0.15, 0.2) is 0 Å². The molecule has 0 spiro atoms. The second-order valence-corrected chi connectivity index (χ2v) is 4.81. The third-order valence-corrected chi connectivity index (χ3v) is 2.48. The molecule has 2 nitrogen and oxygen atoms in total. The zero-order valence-corrected chi connectivity index (χ0v) is 11.0. The molecule has 0 radical (unpaired) electrons. The predicted molar refractivity (Wildman–Crippen MR) is 69.9 cm³/mol. The lowest BCUT2D eigenvalue weighted by molar-refractivity contribution is -0.142. The molecule has 0 atom stereocenters.